The summed E-state index contributed by atoms with van der Waals surface area (Å²) >= 11 is 1.33. The number of ketones is 1. The summed E-state index contributed by atoms with van der Waals surface area (Å²) in [5, 5.41) is 8.97. The lowest BCUT2D eigenvalue weighted by molar-refractivity contribution is 0.0989. The molecule has 0 amide bonds. The van der Waals surface area contributed by atoms with Gasteiger partial charge in [0.15, 0.2) is 5.78 Å². The number of benzene rings is 1. The largest absolute Gasteiger partial charge is 0.294 e. The van der Waals surface area contributed by atoms with E-state index in [1.54, 1.807) is 12.4 Å². The number of hydrogen-bond acceptors (Lipinski definition) is 7. The third kappa shape index (κ3) is 4.72. The highest BCUT2D eigenvalue weighted by Gasteiger charge is 2.16. The molecule has 0 bridgehead atoms. The Balaban J connectivity index is 1.53. The molecule has 0 radical (unpaired) electrons. The number of carbonyl (C=O) groups excluding carboxylic acids is 1. The van der Waals surface area contributed by atoms with Gasteiger partial charge in [0, 0.05) is 30.1 Å². The summed E-state index contributed by atoms with van der Waals surface area (Å²) in [4.78, 5) is 25.6. The second kappa shape index (κ2) is 9.32. The van der Waals surface area contributed by atoms with Gasteiger partial charge < -0.3 is 0 Å². The lowest BCUT2D eigenvalue weighted by atomic mass is 10.1. The Morgan fingerprint density at radius 1 is 0.833 bits per heavy atom. The van der Waals surface area contributed by atoms with E-state index in [1.165, 1.54) is 36.0 Å². The highest BCUT2D eigenvalue weighted by molar-refractivity contribution is 7.99. The average Bonchev–Trinajstić information content (AvgIpc) is 2.80. The van der Waals surface area contributed by atoms with Crippen molar-refractivity contribution >= 4 is 17.5 Å². The number of carbonyl (C=O) groups is 1. The maximum Gasteiger partial charge on any atom is 0.209 e. The number of thioether (sulfide) groups is 1. The van der Waals surface area contributed by atoms with Gasteiger partial charge in [-0.3, -0.25) is 14.8 Å². The third-order valence-corrected chi connectivity index (χ3v) is 5.05. The van der Waals surface area contributed by atoms with Crippen molar-refractivity contribution in [3.05, 3.63) is 84.4 Å². The molecule has 0 aliphatic heterocycles. The van der Waals surface area contributed by atoms with Crippen LogP contribution in [0.3, 0.4) is 0 Å². The van der Waals surface area contributed by atoms with E-state index in [9.17, 15) is 9.18 Å². The molecule has 0 atom stereocenters. The molecule has 3 heterocycles. The van der Waals surface area contributed by atoms with Crippen LogP contribution in [-0.2, 0) is 0 Å². The minimum Gasteiger partial charge on any atom is -0.294 e. The topological polar surface area (TPSA) is 81.5 Å². The van der Waals surface area contributed by atoms with Crippen molar-refractivity contribution < 1.29 is 9.18 Å². The molecule has 30 heavy (non-hydrogen) atoms. The van der Waals surface area contributed by atoms with Crippen LogP contribution in [0.15, 0.2) is 78.2 Å². The molecule has 0 saturated heterocycles. The average molecular weight is 417 g/mol. The molecule has 1 aromatic carbocycles. The molecule has 0 N–H and O–H groups in total. The molecule has 0 unspecified atom stereocenters. The van der Waals surface area contributed by atoms with E-state index >= 15 is 0 Å². The van der Waals surface area contributed by atoms with Crippen LogP contribution in [0.1, 0.15) is 16.8 Å². The minimum absolute atomic E-state index is 0.0643. The van der Waals surface area contributed by atoms with Crippen LogP contribution in [-0.4, -0.2) is 36.7 Å². The molecule has 6 nitrogen and oxygen atoms in total. The van der Waals surface area contributed by atoms with Gasteiger partial charge in [-0.15, -0.1) is 10.2 Å². The third-order valence-electron chi connectivity index (χ3n) is 4.21. The molecule has 3 aromatic heterocycles. The van der Waals surface area contributed by atoms with Gasteiger partial charge >= 0.3 is 0 Å². The van der Waals surface area contributed by atoms with Crippen molar-refractivity contribution in [3.63, 3.8) is 0 Å². The van der Waals surface area contributed by atoms with Crippen LogP contribution in [0.4, 0.5) is 4.39 Å². The summed E-state index contributed by atoms with van der Waals surface area (Å²) in [6.45, 7) is 0. The summed E-state index contributed by atoms with van der Waals surface area (Å²) in [5.41, 5.74) is 2.92. The first-order valence-electron chi connectivity index (χ1n) is 9.20. The first kappa shape index (κ1) is 19.8. The Morgan fingerprint density at radius 2 is 1.50 bits per heavy atom. The van der Waals surface area contributed by atoms with Gasteiger partial charge in [0.05, 0.1) is 11.4 Å². The van der Waals surface area contributed by atoms with Crippen LogP contribution in [0.5, 0.6) is 0 Å². The fraction of sp³-hybridized carbons (Fsp3) is 0.0909. The first-order chi connectivity index (χ1) is 14.7. The molecule has 4 aromatic rings. The molecule has 148 valence electrons. The van der Waals surface area contributed by atoms with Crippen molar-refractivity contribution in [1.29, 1.82) is 0 Å². The summed E-state index contributed by atoms with van der Waals surface area (Å²) in [6, 6.07) is 16.6. The van der Waals surface area contributed by atoms with Crippen LogP contribution in [0.25, 0.3) is 22.8 Å². The summed E-state index contributed by atoms with van der Waals surface area (Å²) in [5.74, 6) is 0.0450. The maximum atomic E-state index is 13.0. The van der Waals surface area contributed by atoms with Crippen LogP contribution in [0, 0.1) is 5.82 Å². The number of Topliss-reactive ketones (excluding diaryl/α,β-unsaturated/α-hetero) is 1. The number of nitrogens with zero attached hydrogens (tertiary/aromatic N) is 5. The fourth-order valence-corrected chi connectivity index (χ4v) is 3.47. The fourth-order valence-electron chi connectivity index (χ4n) is 2.74. The monoisotopic (exact) mass is 417 g/mol. The number of rotatable bonds is 7. The Bertz CT molecular complexity index is 1140. The Kier molecular flexibility index (Phi) is 6.14. The van der Waals surface area contributed by atoms with E-state index in [-0.39, 0.29) is 18.0 Å². The Morgan fingerprint density at radius 3 is 2.13 bits per heavy atom. The van der Waals surface area contributed by atoms with Crippen LogP contribution < -0.4 is 0 Å². The molecule has 8 heteroatoms. The highest BCUT2D eigenvalue weighted by Crippen LogP contribution is 2.27. The molecule has 0 fully saturated rings. The van der Waals surface area contributed by atoms with E-state index in [4.69, 9.17) is 0 Å². The SMILES string of the molecule is O=C(CCSc1nnc(-c2ccccn2)c(-c2ccccn2)n1)c1ccc(F)cc1. The summed E-state index contributed by atoms with van der Waals surface area (Å²) < 4.78 is 13.0. The van der Waals surface area contributed by atoms with E-state index in [2.05, 4.69) is 25.1 Å². The zero-order valence-electron chi connectivity index (χ0n) is 15.8. The van der Waals surface area contributed by atoms with Gasteiger partial charge in [-0.05, 0) is 48.5 Å². The van der Waals surface area contributed by atoms with Gasteiger partial charge in [0.25, 0.3) is 0 Å². The Labute approximate surface area is 176 Å². The number of hydrogen-bond donors (Lipinski definition) is 0. The number of halogens is 1. The molecule has 0 spiro atoms. The zero-order chi connectivity index (χ0) is 20.8. The quantitative estimate of drug-likeness (QED) is 0.323. The van der Waals surface area contributed by atoms with E-state index in [0.29, 0.717) is 39.2 Å². The normalized spacial score (nSPS) is 10.7. The summed E-state index contributed by atoms with van der Waals surface area (Å²) in [6.07, 6.45) is 3.65. The number of pyridine rings is 2. The predicted molar refractivity (Wildman–Crippen MR) is 112 cm³/mol. The van der Waals surface area contributed by atoms with Crippen molar-refractivity contribution in [2.75, 3.05) is 5.75 Å². The molecule has 4 rings (SSSR count). The molecular formula is C22H16FN5OS. The van der Waals surface area contributed by atoms with E-state index in [1.807, 2.05) is 36.4 Å². The molecule has 0 saturated carbocycles. The van der Waals surface area contributed by atoms with E-state index < -0.39 is 0 Å². The van der Waals surface area contributed by atoms with Crippen LogP contribution in [0.2, 0.25) is 0 Å². The van der Waals surface area contributed by atoms with Crippen molar-refractivity contribution in [2.24, 2.45) is 0 Å². The molecule has 0 aliphatic rings. The molecule has 0 aliphatic carbocycles. The lowest BCUT2D eigenvalue weighted by Gasteiger charge is -2.08. The van der Waals surface area contributed by atoms with Gasteiger partial charge in [-0.1, -0.05) is 23.9 Å². The van der Waals surface area contributed by atoms with Gasteiger partial charge in [-0.25, -0.2) is 9.37 Å². The van der Waals surface area contributed by atoms with Gasteiger partial charge in [-0.2, -0.15) is 0 Å². The Hall–Kier alpha value is -3.52. The van der Waals surface area contributed by atoms with Gasteiger partial charge in [0.1, 0.15) is 17.2 Å². The first-order valence-corrected chi connectivity index (χ1v) is 10.2. The maximum absolute atomic E-state index is 13.0. The lowest BCUT2D eigenvalue weighted by Crippen LogP contribution is -2.03. The standard InChI is InChI=1S/C22H16FN5OS/c23-16-9-7-15(8-10-16)19(29)11-14-30-22-26-20(17-5-1-3-12-24-17)21(27-28-22)18-6-2-4-13-25-18/h1-10,12-13H,11,14H2. The number of aromatic nitrogens is 5. The van der Waals surface area contributed by atoms with Crippen molar-refractivity contribution in [1.82, 2.24) is 25.1 Å². The van der Waals surface area contributed by atoms with Gasteiger partial charge in [0.2, 0.25) is 5.16 Å². The summed E-state index contributed by atoms with van der Waals surface area (Å²) in [7, 11) is 0. The predicted octanol–water partition coefficient (Wildman–Crippen LogP) is 4.50. The minimum atomic E-state index is -0.365. The highest BCUT2D eigenvalue weighted by atomic mass is 32.2. The van der Waals surface area contributed by atoms with E-state index in [0.717, 1.165) is 0 Å². The van der Waals surface area contributed by atoms with Crippen molar-refractivity contribution in [2.45, 2.75) is 11.6 Å². The molecular weight excluding hydrogens is 401 g/mol. The van der Waals surface area contributed by atoms with Crippen LogP contribution >= 0.6 is 11.8 Å². The smallest absolute Gasteiger partial charge is 0.209 e. The zero-order valence-corrected chi connectivity index (χ0v) is 16.6. The van der Waals surface area contributed by atoms with Crippen molar-refractivity contribution in [3.8, 4) is 22.8 Å². The second-order valence-corrected chi connectivity index (χ2v) is 7.31. The second-order valence-electron chi connectivity index (χ2n) is 6.25.